The largest absolute Gasteiger partial charge is 0.416 e. The number of aliphatic hydroxyl groups is 1. The summed E-state index contributed by atoms with van der Waals surface area (Å²) in [5, 5.41) is 24.3. The molecule has 6 rings (SSSR count). The Bertz CT molecular complexity index is 1950. The van der Waals surface area contributed by atoms with Gasteiger partial charge < -0.3 is 20.6 Å². The number of amides is 3. The van der Waals surface area contributed by atoms with Crippen LogP contribution >= 0.6 is 11.6 Å². The van der Waals surface area contributed by atoms with Crippen molar-refractivity contribution in [2.75, 3.05) is 19.6 Å². The lowest BCUT2D eigenvalue weighted by Gasteiger charge is -2.26. The van der Waals surface area contributed by atoms with Gasteiger partial charge in [-0.2, -0.15) is 17.9 Å². The maximum Gasteiger partial charge on any atom is 0.416 e. The highest BCUT2D eigenvalue weighted by molar-refractivity contribution is 6.30. The quantitative estimate of drug-likeness (QED) is 0.232. The number of carbonyl (C=O) groups excluding carboxylic acids is 3. The average molecular weight is 689 g/mol. The third-order valence-electron chi connectivity index (χ3n) is 7.86. The molecule has 252 valence electrons. The molecule has 1 saturated heterocycles. The molecular weight excluding hydrogens is 661 g/mol. The van der Waals surface area contributed by atoms with E-state index in [9.17, 15) is 37.5 Å². The van der Waals surface area contributed by atoms with Crippen LogP contribution in [-0.2, 0) is 17.9 Å². The van der Waals surface area contributed by atoms with Crippen LogP contribution < -0.4 is 16.3 Å². The average Bonchev–Trinajstić information content (AvgIpc) is 3.49. The zero-order valence-corrected chi connectivity index (χ0v) is 26.0. The van der Waals surface area contributed by atoms with E-state index in [2.05, 4.69) is 30.8 Å². The minimum absolute atomic E-state index is 0.0594. The molecule has 2 fully saturated rings. The van der Waals surface area contributed by atoms with Gasteiger partial charge in [-0.1, -0.05) is 11.6 Å². The van der Waals surface area contributed by atoms with Crippen molar-refractivity contribution in [1.82, 2.24) is 49.6 Å². The molecule has 1 atom stereocenters. The summed E-state index contributed by atoms with van der Waals surface area (Å²) in [6, 6.07) is 8.82. The molecule has 1 aliphatic heterocycles. The lowest BCUT2D eigenvalue weighted by atomic mass is 10.2. The van der Waals surface area contributed by atoms with Gasteiger partial charge in [-0.3, -0.25) is 19.0 Å². The fourth-order valence-electron chi connectivity index (χ4n) is 4.99. The van der Waals surface area contributed by atoms with Gasteiger partial charge in [0.1, 0.15) is 13.1 Å². The molecule has 1 saturated carbocycles. The molecule has 0 bridgehead atoms. The molecule has 2 aliphatic rings. The zero-order chi connectivity index (χ0) is 34.4. The Labute approximate surface area is 274 Å². The second kappa shape index (κ2) is 12.5. The summed E-state index contributed by atoms with van der Waals surface area (Å²) >= 11 is 5.96. The molecule has 15 nitrogen and oxygen atoms in total. The number of aliphatic hydroxyl groups excluding tert-OH is 1. The molecule has 1 aromatic carbocycles. The first-order valence-electron chi connectivity index (χ1n) is 14.7. The number of carbonyl (C=O) groups is 3. The van der Waals surface area contributed by atoms with Crippen molar-refractivity contribution < 1.29 is 32.7 Å². The summed E-state index contributed by atoms with van der Waals surface area (Å²) in [6.45, 7) is 0.253. The summed E-state index contributed by atoms with van der Waals surface area (Å²) in [6.07, 6.45) is -4.97. The SMILES string of the molecule is CC1(NC(=O)c2cccnc2-n2nc(Cn3nc(-c4ccc(Cl)cc4)n(C[C@H](O)C(F)(F)F)c3=O)nc2C(=O)N2CCNC(=O)C2)CC1. The topological polar surface area (TPSA) is 182 Å². The monoisotopic (exact) mass is 688 g/mol. The van der Waals surface area contributed by atoms with Crippen molar-refractivity contribution >= 4 is 29.3 Å². The van der Waals surface area contributed by atoms with Crippen LogP contribution in [0.3, 0.4) is 0 Å². The van der Waals surface area contributed by atoms with E-state index in [1.165, 1.54) is 47.5 Å². The summed E-state index contributed by atoms with van der Waals surface area (Å²) in [7, 11) is 0. The van der Waals surface area contributed by atoms with Crippen LogP contribution in [-0.4, -0.2) is 99.3 Å². The maximum atomic E-state index is 13.7. The molecule has 0 spiro atoms. The number of aromatic nitrogens is 7. The minimum atomic E-state index is -5.02. The molecular formula is C29H28ClF3N10O5. The number of pyridine rings is 1. The van der Waals surface area contributed by atoms with E-state index < -0.39 is 48.8 Å². The fraction of sp³-hybridized carbons (Fsp3) is 0.379. The van der Waals surface area contributed by atoms with E-state index >= 15 is 0 Å². The number of hydrogen-bond acceptors (Lipinski definition) is 9. The molecule has 3 N–H and O–H groups in total. The van der Waals surface area contributed by atoms with E-state index in [4.69, 9.17) is 11.6 Å². The summed E-state index contributed by atoms with van der Waals surface area (Å²) in [5.41, 5.74) is -1.12. The van der Waals surface area contributed by atoms with E-state index in [0.29, 0.717) is 9.59 Å². The zero-order valence-electron chi connectivity index (χ0n) is 25.2. The van der Waals surface area contributed by atoms with E-state index in [-0.39, 0.29) is 59.6 Å². The van der Waals surface area contributed by atoms with Crippen LogP contribution in [0.25, 0.3) is 17.2 Å². The lowest BCUT2D eigenvalue weighted by Crippen LogP contribution is -2.50. The van der Waals surface area contributed by atoms with Crippen LogP contribution in [0.4, 0.5) is 13.2 Å². The fourth-order valence-corrected chi connectivity index (χ4v) is 5.12. The number of alkyl halides is 3. The molecule has 0 unspecified atom stereocenters. The van der Waals surface area contributed by atoms with Crippen LogP contribution in [0.1, 0.15) is 46.6 Å². The smallest absolute Gasteiger partial charge is 0.382 e. The van der Waals surface area contributed by atoms with Gasteiger partial charge in [-0.05, 0) is 56.2 Å². The molecule has 48 heavy (non-hydrogen) atoms. The Hall–Kier alpha value is -5.10. The van der Waals surface area contributed by atoms with Crippen molar-refractivity contribution in [2.24, 2.45) is 0 Å². The number of halogens is 4. The van der Waals surface area contributed by atoms with Gasteiger partial charge in [-0.15, -0.1) is 10.2 Å². The number of rotatable bonds is 9. The van der Waals surface area contributed by atoms with Gasteiger partial charge in [0.2, 0.25) is 11.7 Å². The predicted octanol–water partition coefficient (Wildman–Crippen LogP) is 1.17. The third-order valence-corrected chi connectivity index (χ3v) is 8.12. The van der Waals surface area contributed by atoms with E-state index in [0.717, 1.165) is 22.2 Å². The van der Waals surface area contributed by atoms with Gasteiger partial charge in [0.15, 0.2) is 23.6 Å². The van der Waals surface area contributed by atoms with Crippen LogP contribution in [0.2, 0.25) is 5.02 Å². The lowest BCUT2D eigenvalue weighted by molar-refractivity contribution is -0.207. The highest BCUT2D eigenvalue weighted by atomic mass is 35.5. The third kappa shape index (κ3) is 6.79. The normalized spacial score (nSPS) is 16.4. The van der Waals surface area contributed by atoms with Gasteiger partial charge in [0.25, 0.3) is 11.8 Å². The van der Waals surface area contributed by atoms with Crippen molar-refractivity contribution in [2.45, 2.75) is 50.7 Å². The van der Waals surface area contributed by atoms with Crippen LogP contribution in [0.15, 0.2) is 47.4 Å². The van der Waals surface area contributed by atoms with Crippen LogP contribution in [0.5, 0.6) is 0 Å². The van der Waals surface area contributed by atoms with E-state index in [1.54, 1.807) is 0 Å². The van der Waals surface area contributed by atoms with Crippen molar-refractivity contribution in [3.63, 3.8) is 0 Å². The molecule has 3 amide bonds. The van der Waals surface area contributed by atoms with Gasteiger partial charge in [0, 0.05) is 35.4 Å². The molecule has 4 aromatic rings. The molecule has 4 heterocycles. The highest BCUT2D eigenvalue weighted by Crippen LogP contribution is 2.34. The Morgan fingerprint density at radius 1 is 1.15 bits per heavy atom. The van der Waals surface area contributed by atoms with Crippen molar-refractivity contribution in [3.05, 3.63) is 75.3 Å². The van der Waals surface area contributed by atoms with Crippen molar-refractivity contribution in [3.8, 4) is 17.2 Å². The number of hydrogen-bond donors (Lipinski definition) is 3. The second-order valence-corrected chi connectivity index (χ2v) is 12.1. The van der Waals surface area contributed by atoms with Crippen LogP contribution in [0, 0.1) is 0 Å². The first kappa shape index (κ1) is 32.8. The number of nitrogens with zero attached hydrogens (tertiary/aromatic N) is 8. The second-order valence-electron chi connectivity index (χ2n) is 11.7. The first-order valence-corrected chi connectivity index (χ1v) is 15.1. The Morgan fingerprint density at radius 3 is 2.54 bits per heavy atom. The van der Waals surface area contributed by atoms with Crippen molar-refractivity contribution in [1.29, 1.82) is 0 Å². The number of piperazine rings is 1. The summed E-state index contributed by atoms with van der Waals surface area (Å²) in [4.78, 5) is 62.4. The Kier molecular flexibility index (Phi) is 8.54. The minimum Gasteiger partial charge on any atom is -0.382 e. The van der Waals surface area contributed by atoms with Gasteiger partial charge >= 0.3 is 11.9 Å². The maximum absolute atomic E-state index is 13.7. The molecule has 19 heteroatoms. The Morgan fingerprint density at radius 2 is 1.88 bits per heavy atom. The summed E-state index contributed by atoms with van der Waals surface area (Å²) in [5.74, 6) is -2.37. The standard InChI is InChI=1S/C29H28ClF3N10O5/c1-28(8-9-28)37-25(46)18-3-2-10-35-23(18)43-24(26(47)40-12-11-34-21(45)15-40)36-20(38-43)14-42-27(48)41(13-19(44)29(31,32)33)22(39-42)16-4-6-17(30)7-5-16/h2-7,10,19,44H,8-9,11-15H2,1H3,(H,34,45)(H,37,46)/t19-/m0/s1. The molecule has 3 aromatic heterocycles. The Balaban J connectivity index is 1.42. The predicted molar refractivity (Wildman–Crippen MR) is 161 cm³/mol. The first-order chi connectivity index (χ1) is 22.7. The molecule has 1 aliphatic carbocycles. The molecule has 0 radical (unpaired) electrons. The highest BCUT2D eigenvalue weighted by Gasteiger charge is 2.41. The van der Waals surface area contributed by atoms with Gasteiger partial charge in [-0.25, -0.2) is 19.4 Å². The van der Waals surface area contributed by atoms with E-state index in [1.807, 2.05) is 6.92 Å². The number of nitrogens with one attached hydrogen (secondary N) is 2. The summed E-state index contributed by atoms with van der Waals surface area (Å²) < 4.78 is 42.5. The number of benzene rings is 1. The van der Waals surface area contributed by atoms with Gasteiger partial charge in [0.05, 0.1) is 12.1 Å².